The van der Waals surface area contributed by atoms with Crippen LogP contribution >= 0.6 is 15.9 Å². The summed E-state index contributed by atoms with van der Waals surface area (Å²) in [4.78, 5) is 0.852. The predicted octanol–water partition coefficient (Wildman–Crippen LogP) is 4.77. The van der Waals surface area contributed by atoms with E-state index in [-0.39, 0.29) is 0 Å². The Hall–Kier alpha value is 0.480. The van der Waals surface area contributed by atoms with Crippen molar-refractivity contribution in [2.45, 2.75) is 63.1 Å². The Kier molecular flexibility index (Phi) is 3.93. The van der Waals surface area contributed by atoms with Crippen molar-refractivity contribution in [2.24, 2.45) is 17.8 Å². The third-order valence-electron chi connectivity index (χ3n) is 4.56. The second-order valence-electron chi connectivity index (χ2n) is 5.30. The molecule has 0 nitrogen and oxygen atoms in total. The monoisotopic (exact) mass is 258 g/mol. The summed E-state index contributed by atoms with van der Waals surface area (Å²) in [5, 5.41) is 0. The van der Waals surface area contributed by atoms with Gasteiger partial charge in [-0.15, -0.1) is 0 Å². The van der Waals surface area contributed by atoms with Crippen LogP contribution in [0.2, 0.25) is 0 Å². The van der Waals surface area contributed by atoms with E-state index in [1.54, 1.807) is 0 Å². The lowest BCUT2D eigenvalue weighted by Crippen LogP contribution is -2.24. The summed E-state index contributed by atoms with van der Waals surface area (Å²) in [5.41, 5.74) is 0. The number of alkyl halides is 1. The van der Waals surface area contributed by atoms with Gasteiger partial charge >= 0.3 is 0 Å². The maximum atomic E-state index is 3.87. The molecule has 0 aromatic carbocycles. The topological polar surface area (TPSA) is 0 Å². The van der Waals surface area contributed by atoms with Crippen molar-refractivity contribution >= 4 is 15.9 Å². The van der Waals surface area contributed by atoms with Crippen molar-refractivity contribution in [3.05, 3.63) is 0 Å². The Balaban J connectivity index is 1.82. The maximum Gasteiger partial charge on any atom is 0.0176 e. The van der Waals surface area contributed by atoms with Gasteiger partial charge in [0.15, 0.2) is 0 Å². The minimum atomic E-state index is 0.852. The molecule has 2 saturated carbocycles. The number of hydrogen-bond donors (Lipinski definition) is 0. The van der Waals surface area contributed by atoms with Crippen LogP contribution in [0.4, 0.5) is 0 Å². The van der Waals surface area contributed by atoms with Gasteiger partial charge in [0.25, 0.3) is 0 Å². The fraction of sp³-hybridized carbons (Fsp3) is 1.00. The number of rotatable bonds is 2. The zero-order chi connectivity index (χ0) is 9.97. The minimum absolute atomic E-state index is 0.852. The third kappa shape index (κ3) is 2.35. The molecule has 0 saturated heterocycles. The molecule has 0 spiro atoms. The first-order valence-corrected chi connectivity index (χ1v) is 7.37. The van der Waals surface area contributed by atoms with Crippen LogP contribution in [-0.2, 0) is 0 Å². The first kappa shape index (κ1) is 11.0. The molecule has 14 heavy (non-hydrogen) atoms. The molecule has 0 bridgehead atoms. The fourth-order valence-electron chi connectivity index (χ4n) is 3.50. The first-order valence-electron chi connectivity index (χ1n) is 6.45. The molecule has 0 aromatic heterocycles. The van der Waals surface area contributed by atoms with Gasteiger partial charge in [-0.05, 0) is 43.4 Å². The highest BCUT2D eigenvalue weighted by Gasteiger charge is 2.33. The van der Waals surface area contributed by atoms with Gasteiger partial charge in [0.2, 0.25) is 0 Å². The zero-order valence-corrected chi connectivity index (χ0v) is 10.9. The second-order valence-corrected chi connectivity index (χ2v) is 6.48. The Bertz CT molecular complexity index is 170. The zero-order valence-electron chi connectivity index (χ0n) is 9.34. The van der Waals surface area contributed by atoms with Crippen molar-refractivity contribution in [1.29, 1.82) is 0 Å². The summed E-state index contributed by atoms with van der Waals surface area (Å²) < 4.78 is 0. The van der Waals surface area contributed by atoms with E-state index in [0.717, 1.165) is 22.6 Å². The van der Waals surface area contributed by atoms with Crippen molar-refractivity contribution in [2.75, 3.05) is 0 Å². The molecule has 0 amide bonds. The summed E-state index contributed by atoms with van der Waals surface area (Å²) in [7, 11) is 0. The summed E-state index contributed by atoms with van der Waals surface area (Å²) in [6, 6.07) is 0. The summed E-state index contributed by atoms with van der Waals surface area (Å²) in [6.07, 6.45) is 11.9. The number of halogens is 1. The molecule has 2 atom stereocenters. The third-order valence-corrected chi connectivity index (χ3v) is 5.69. The van der Waals surface area contributed by atoms with Crippen LogP contribution in [0.15, 0.2) is 0 Å². The van der Waals surface area contributed by atoms with E-state index in [0.29, 0.717) is 0 Å². The number of hydrogen-bond acceptors (Lipinski definition) is 0. The van der Waals surface area contributed by atoms with Crippen molar-refractivity contribution in [1.82, 2.24) is 0 Å². The van der Waals surface area contributed by atoms with Gasteiger partial charge in [-0.3, -0.25) is 0 Å². The van der Waals surface area contributed by atoms with Crippen LogP contribution in [0.1, 0.15) is 58.3 Å². The van der Waals surface area contributed by atoms with E-state index in [2.05, 4.69) is 22.9 Å². The van der Waals surface area contributed by atoms with E-state index in [1.165, 1.54) is 51.4 Å². The van der Waals surface area contributed by atoms with E-state index >= 15 is 0 Å². The van der Waals surface area contributed by atoms with Crippen molar-refractivity contribution in [3.63, 3.8) is 0 Å². The lowest BCUT2D eigenvalue weighted by atomic mass is 9.74. The fourth-order valence-corrected chi connectivity index (χ4v) is 4.52. The van der Waals surface area contributed by atoms with Gasteiger partial charge in [0.05, 0.1) is 0 Å². The van der Waals surface area contributed by atoms with Gasteiger partial charge in [0.1, 0.15) is 0 Å². The molecule has 82 valence electrons. The molecule has 2 fully saturated rings. The highest BCUT2D eigenvalue weighted by Crippen LogP contribution is 2.44. The van der Waals surface area contributed by atoms with Crippen molar-refractivity contribution in [3.8, 4) is 0 Å². The van der Waals surface area contributed by atoms with Crippen LogP contribution < -0.4 is 0 Å². The average molecular weight is 259 g/mol. The quantitative estimate of drug-likeness (QED) is 0.627. The van der Waals surface area contributed by atoms with Crippen LogP contribution in [0.25, 0.3) is 0 Å². The molecule has 0 heterocycles. The molecule has 2 aliphatic carbocycles. The van der Waals surface area contributed by atoms with Crippen LogP contribution in [0, 0.1) is 17.8 Å². The highest BCUT2D eigenvalue weighted by atomic mass is 79.9. The van der Waals surface area contributed by atoms with Gasteiger partial charge in [-0.25, -0.2) is 0 Å². The molecule has 0 N–H and O–H groups in total. The smallest absolute Gasteiger partial charge is 0.0176 e. The highest BCUT2D eigenvalue weighted by molar-refractivity contribution is 9.09. The summed E-state index contributed by atoms with van der Waals surface area (Å²) in [5.74, 6) is 3.14. The standard InChI is InChI=1S/C13H23Br/c1-2-10-6-8-11(9-7-10)12-4-3-5-13(12)14/h10-13H,2-9H2,1H3. The molecule has 2 unspecified atom stereocenters. The Morgan fingerprint density at radius 3 is 2.21 bits per heavy atom. The summed E-state index contributed by atoms with van der Waals surface area (Å²) in [6.45, 7) is 2.36. The molecular formula is C13H23Br. The van der Waals surface area contributed by atoms with E-state index in [4.69, 9.17) is 0 Å². The molecule has 2 rings (SSSR count). The SMILES string of the molecule is CCC1CCC(C2CCCC2Br)CC1. The Morgan fingerprint density at radius 2 is 1.71 bits per heavy atom. The van der Waals surface area contributed by atoms with E-state index < -0.39 is 0 Å². The molecule has 0 aromatic rings. The first-order chi connectivity index (χ1) is 6.81. The minimum Gasteiger partial charge on any atom is -0.0888 e. The molecule has 1 heteroatoms. The lowest BCUT2D eigenvalue weighted by Gasteiger charge is -2.33. The summed E-state index contributed by atoms with van der Waals surface area (Å²) >= 11 is 3.87. The molecule has 0 radical (unpaired) electrons. The second kappa shape index (κ2) is 5.01. The molecule has 2 aliphatic rings. The Morgan fingerprint density at radius 1 is 1.00 bits per heavy atom. The van der Waals surface area contributed by atoms with Crippen LogP contribution in [0.3, 0.4) is 0 Å². The van der Waals surface area contributed by atoms with E-state index in [9.17, 15) is 0 Å². The predicted molar refractivity (Wildman–Crippen MR) is 65.8 cm³/mol. The van der Waals surface area contributed by atoms with Crippen molar-refractivity contribution < 1.29 is 0 Å². The van der Waals surface area contributed by atoms with Crippen LogP contribution in [-0.4, -0.2) is 4.83 Å². The van der Waals surface area contributed by atoms with Gasteiger partial charge in [-0.1, -0.05) is 48.5 Å². The maximum absolute atomic E-state index is 3.87. The molecular weight excluding hydrogens is 236 g/mol. The lowest BCUT2D eigenvalue weighted by molar-refractivity contribution is 0.207. The molecule has 0 aliphatic heterocycles. The van der Waals surface area contributed by atoms with Gasteiger partial charge < -0.3 is 0 Å². The van der Waals surface area contributed by atoms with Crippen LogP contribution in [0.5, 0.6) is 0 Å². The largest absolute Gasteiger partial charge is 0.0888 e. The van der Waals surface area contributed by atoms with Gasteiger partial charge in [0, 0.05) is 4.83 Å². The average Bonchev–Trinajstić information content (AvgIpc) is 2.65. The van der Waals surface area contributed by atoms with E-state index in [1.807, 2.05) is 0 Å². The Labute approximate surface area is 97.0 Å². The normalized spacial score (nSPS) is 44.1. The van der Waals surface area contributed by atoms with Gasteiger partial charge in [-0.2, -0.15) is 0 Å².